The van der Waals surface area contributed by atoms with Gasteiger partial charge in [0.1, 0.15) is 5.82 Å². The van der Waals surface area contributed by atoms with E-state index in [0.29, 0.717) is 6.61 Å². The molecule has 0 radical (unpaired) electrons. The second-order valence-electron chi connectivity index (χ2n) is 3.33. The number of nitrogens with zero attached hydrogens (tertiary/aromatic N) is 2. The van der Waals surface area contributed by atoms with E-state index in [2.05, 4.69) is 15.5 Å². The highest BCUT2D eigenvalue weighted by Gasteiger charge is 2.32. The molecule has 0 saturated carbocycles. The molecule has 3 N–H and O–H groups in total. The zero-order valence-corrected chi connectivity index (χ0v) is 9.16. The van der Waals surface area contributed by atoms with Gasteiger partial charge in [-0.2, -0.15) is 13.2 Å². The van der Waals surface area contributed by atoms with Gasteiger partial charge in [-0.15, -0.1) is 10.2 Å². The van der Waals surface area contributed by atoms with Gasteiger partial charge in [-0.3, -0.25) is 0 Å². The number of nitrogens with one attached hydrogen (secondary N) is 1. The van der Waals surface area contributed by atoms with E-state index < -0.39 is 11.9 Å². The molecule has 1 atom stereocenters. The smallest absolute Gasteiger partial charge is 0.383 e. The van der Waals surface area contributed by atoms with E-state index in [1.807, 2.05) is 0 Å². The molecule has 0 aliphatic heterocycles. The van der Waals surface area contributed by atoms with E-state index in [1.54, 1.807) is 0 Å². The Balaban J connectivity index is 2.68. The molecule has 96 valence electrons. The summed E-state index contributed by atoms with van der Waals surface area (Å²) in [5, 5.41) is 9.32. The molecule has 0 aliphatic rings. The van der Waals surface area contributed by atoms with Gasteiger partial charge in [0.2, 0.25) is 0 Å². The first-order valence-electron chi connectivity index (χ1n) is 4.84. The number of hydrogen-bond acceptors (Lipinski definition) is 5. The molecule has 0 aliphatic carbocycles. The SMILES string of the molecule is COCC(CN)Nc1ccc(C(F)(F)F)nn1. The molecular weight excluding hydrogens is 237 g/mol. The van der Waals surface area contributed by atoms with Crippen molar-refractivity contribution < 1.29 is 17.9 Å². The van der Waals surface area contributed by atoms with E-state index in [9.17, 15) is 13.2 Å². The van der Waals surface area contributed by atoms with Crippen LogP contribution < -0.4 is 11.1 Å². The molecule has 0 fully saturated rings. The summed E-state index contributed by atoms with van der Waals surface area (Å²) in [5.41, 5.74) is 4.41. The van der Waals surface area contributed by atoms with Crippen molar-refractivity contribution in [3.8, 4) is 0 Å². The monoisotopic (exact) mass is 250 g/mol. The summed E-state index contributed by atoms with van der Waals surface area (Å²) in [6.45, 7) is 0.607. The van der Waals surface area contributed by atoms with Crippen LogP contribution in [0.25, 0.3) is 0 Å². The summed E-state index contributed by atoms with van der Waals surface area (Å²) in [4.78, 5) is 0. The number of halogens is 3. The molecule has 0 bridgehead atoms. The normalized spacial score (nSPS) is 13.5. The van der Waals surface area contributed by atoms with E-state index in [0.717, 1.165) is 6.07 Å². The maximum atomic E-state index is 12.2. The molecule has 1 aromatic heterocycles. The van der Waals surface area contributed by atoms with Gasteiger partial charge in [-0.1, -0.05) is 0 Å². The first-order valence-corrected chi connectivity index (χ1v) is 4.84. The number of alkyl halides is 3. The van der Waals surface area contributed by atoms with E-state index >= 15 is 0 Å². The van der Waals surface area contributed by atoms with Crippen molar-refractivity contribution in [3.05, 3.63) is 17.8 Å². The minimum Gasteiger partial charge on any atom is -0.383 e. The fraction of sp³-hybridized carbons (Fsp3) is 0.556. The molecule has 5 nitrogen and oxygen atoms in total. The Morgan fingerprint density at radius 3 is 2.53 bits per heavy atom. The minimum atomic E-state index is -4.48. The van der Waals surface area contributed by atoms with Crippen molar-refractivity contribution >= 4 is 5.82 Å². The maximum Gasteiger partial charge on any atom is 0.435 e. The minimum absolute atomic E-state index is 0.217. The number of anilines is 1. The predicted molar refractivity (Wildman–Crippen MR) is 55.4 cm³/mol. The third-order valence-electron chi connectivity index (χ3n) is 1.96. The molecule has 1 rings (SSSR count). The van der Waals surface area contributed by atoms with Crippen LogP contribution in [-0.4, -0.2) is 36.5 Å². The van der Waals surface area contributed by atoms with Gasteiger partial charge in [-0.05, 0) is 12.1 Å². The highest BCUT2D eigenvalue weighted by molar-refractivity contribution is 5.34. The van der Waals surface area contributed by atoms with Crippen LogP contribution in [0.15, 0.2) is 12.1 Å². The van der Waals surface area contributed by atoms with Crippen LogP contribution in [0.3, 0.4) is 0 Å². The topological polar surface area (TPSA) is 73.1 Å². The van der Waals surface area contributed by atoms with E-state index in [-0.39, 0.29) is 18.4 Å². The number of hydrogen-bond donors (Lipinski definition) is 2. The summed E-state index contributed by atoms with van der Waals surface area (Å²) in [6.07, 6.45) is -4.48. The Labute approximate surface area is 96.2 Å². The average Bonchev–Trinajstić information content (AvgIpc) is 2.28. The van der Waals surface area contributed by atoms with Crippen LogP contribution in [-0.2, 0) is 10.9 Å². The summed E-state index contributed by atoms with van der Waals surface area (Å²) in [5.74, 6) is 0.227. The van der Waals surface area contributed by atoms with Gasteiger partial charge in [0.15, 0.2) is 5.69 Å². The van der Waals surface area contributed by atoms with Crippen molar-refractivity contribution in [1.82, 2.24) is 10.2 Å². The number of methoxy groups -OCH3 is 1. The lowest BCUT2D eigenvalue weighted by Crippen LogP contribution is -2.33. The van der Waals surface area contributed by atoms with Gasteiger partial charge in [0.05, 0.1) is 12.6 Å². The zero-order chi connectivity index (χ0) is 12.9. The van der Waals surface area contributed by atoms with E-state index in [1.165, 1.54) is 13.2 Å². The molecule has 0 saturated heterocycles. The standard InChI is InChI=1S/C9H13F3N4O/c1-17-5-6(4-13)14-8-3-2-7(15-16-8)9(10,11)12/h2-3,6H,4-5,13H2,1H3,(H,14,16). The lowest BCUT2D eigenvalue weighted by molar-refractivity contribution is -0.141. The molecule has 1 aromatic rings. The molecular formula is C9H13F3N4O. The van der Waals surface area contributed by atoms with E-state index in [4.69, 9.17) is 10.5 Å². The molecule has 17 heavy (non-hydrogen) atoms. The number of nitrogens with two attached hydrogens (primary N) is 1. The van der Waals surface area contributed by atoms with Crippen LogP contribution in [0.5, 0.6) is 0 Å². The second kappa shape index (κ2) is 5.78. The zero-order valence-electron chi connectivity index (χ0n) is 9.16. The lowest BCUT2D eigenvalue weighted by Gasteiger charge is -2.16. The van der Waals surface area contributed by atoms with Gasteiger partial charge in [0.25, 0.3) is 0 Å². The van der Waals surface area contributed by atoms with Gasteiger partial charge in [0, 0.05) is 13.7 Å². The van der Waals surface area contributed by atoms with Crippen LogP contribution in [0.4, 0.5) is 19.0 Å². The lowest BCUT2D eigenvalue weighted by atomic mass is 10.3. The van der Waals surface area contributed by atoms with Crippen molar-refractivity contribution in [3.63, 3.8) is 0 Å². The van der Waals surface area contributed by atoms with Crippen LogP contribution in [0, 0.1) is 0 Å². The highest BCUT2D eigenvalue weighted by atomic mass is 19.4. The fourth-order valence-electron chi connectivity index (χ4n) is 1.14. The van der Waals surface area contributed by atoms with Crippen LogP contribution >= 0.6 is 0 Å². The molecule has 0 amide bonds. The Morgan fingerprint density at radius 1 is 1.41 bits per heavy atom. The molecule has 1 heterocycles. The quantitative estimate of drug-likeness (QED) is 0.811. The van der Waals surface area contributed by atoms with Gasteiger partial charge < -0.3 is 15.8 Å². The number of rotatable bonds is 5. The number of aromatic nitrogens is 2. The third kappa shape index (κ3) is 4.16. The van der Waals surface area contributed by atoms with Crippen molar-refractivity contribution in [1.29, 1.82) is 0 Å². The summed E-state index contributed by atoms with van der Waals surface area (Å²) >= 11 is 0. The number of ether oxygens (including phenoxy) is 1. The molecule has 8 heteroatoms. The van der Waals surface area contributed by atoms with Crippen molar-refractivity contribution in [2.45, 2.75) is 12.2 Å². The second-order valence-corrected chi connectivity index (χ2v) is 3.33. The first-order chi connectivity index (χ1) is 7.97. The highest BCUT2D eigenvalue weighted by Crippen LogP contribution is 2.27. The molecule has 1 unspecified atom stereocenters. The Hall–Kier alpha value is -1.41. The third-order valence-corrected chi connectivity index (χ3v) is 1.96. The largest absolute Gasteiger partial charge is 0.435 e. The van der Waals surface area contributed by atoms with Gasteiger partial charge in [-0.25, -0.2) is 0 Å². The van der Waals surface area contributed by atoms with Crippen LogP contribution in [0.2, 0.25) is 0 Å². The van der Waals surface area contributed by atoms with Gasteiger partial charge >= 0.3 is 6.18 Å². The maximum absolute atomic E-state index is 12.2. The Kier molecular flexibility index (Phi) is 4.64. The fourth-order valence-corrected chi connectivity index (χ4v) is 1.14. The van der Waals surface area contributed by atoms with Crippen molar-refractivity contribution in [2.24, 2.45) is 5.73 Å². The first kappa shape index (κ1) is 13.7. The average molecular weight is 250 g/mol. The summed E-state index contributed by atoms with van der Waals surface area (Å²) in [6, 6.07) is 1.84. The Morgan fingerprint density at radius 2 is 2.12 bits per heavy atom. The van der Waals surface area contributed by atoms with Crippen molar-refractivity contribution in [2.75, 3.05) is 25.6 Å². The summed E-state index contributed by atoms with van der Waals surface area (Å²) in [7, 11) is 1.50. The summed E-state index contributed by atoms with van der Waals surface area (Å²) < 4.78 is 41.5. The predicted octanol–water partition coefficient (Wildman–Crippen LogP) is 0.881. The molecule has 0 aromatic carbocycles. The van der Waals surface area contributed by atoms with Crippen LogP contribution in [0.1, 0.15) is 5.69 Å². The molecule has 0 spiro atoms. The Bertz CT molecular complexity index is 341.